The Bertz CT molecular complexity index is 701. The van der Waals surface area contributed by atoms with E-state index in [1.807, 2.05) is 30.3 Å². The highest BCUT2D eigenvalue weighted by Crippen LogP contribution is 2.25. The first-order valence-corrected chi connectivity index (χ1v) is 7.51. The third kappa shape index (κ3) is 3.56. The molecule has 1 aliphatic heterocycles. The summed E-state index contributed by atoms with van der Waals surface area (Å²) in [6.07, 6.45) is 0.179. The second-order valence-electron chi connectivity index (χ2n) is 5.59. The van der Waals surface area contributed by atoms with Crippen molar-refractivity contribution < 1.29 is 14.0 Å². The first-order valence-electron chi connectivity index (χ1n) is 7.51. The quantitative estimate of drug-likeness (QED) is 0.943. The molecular formula is C18H17FN2O2. The maximum atomic E-state index is 13.0. The van der Waals surface area contributed by atoms with Crippen molar-refractivity contribution in [2.75, 3.05) is 11.4 Å². The maximum absolute atomic E-state index is 13.0. The van der Waals surface area contributed by atoms with Crippen molar-refractivity contribution in [2.45, 2.75) is 13.0 Å². The van der Waals surface area contributed by atoms with Crippen LogP contribution in [0, 0.1) is 11.7 Å². The first-order chi connectivity index (χ1) is 11.1. The second-order valence-corrected chi connectivity index (χ2v) is 5.59. The predicted octanol–water partition coefficient (Wildman–Crippen LogP) is 2.50. The second kappa shape index (κ2) is 6.60. The van der Waals surface area contributed by atoms with Gasteiger partial charge in [-0.05, 0) is 29.8 Å². The molecule has 0 saturated carbocycles. The number of amides is 2. The normalized spacial score (nSPS) is 17.3. The van der Waals surface area contributed by atoms with Crippen LogP contribution in [-0.2, 0) is 16.1 Å². The van der Waals surface area contributed by atoms with Gasteiger partial charge in [0, 0.05) is 25.2 Å². The van der Waals surface area contributed by atoms with Gasteiger partial charge < -0.3 is 10.2 Å². The Morgan fingerprint density at radius 3 is 2.52 bits per heavy atom. The summed E-state index contributed by atoms with van der Waals surface area (Å²) in [5.41, 5.74) is 1.63. The Kier molecular flexibility index (Phi) is 4.37. The van der Waals surface area contributed by atoms with E-state index in [0.717, 1.165) is 5.56 Å². The van der Waals surface area contributed by atoms with Gasteiger partial charge in [-0.3, -0.25) is 9.59 Å². The lowest BCUT2D eigenvalue weighted by Gasteiger charge is -2.16. The average molecular weight is 312 g/mol. The van der Waals surface area contributed by atoms with E-state index in [0.29, 0.717) is 18.8 Å². The minimum Gasteiger partial charge on any atom is -0.352 e. The fourth-order valence-corrected chi connectivity index (χ4v) is 2.68. The van der Waals surface area contributed by atoms with Crippen LogP contribution in [0.5, 0.6) is 0 Å². The summed E-state index contributed by atoms with van der Waals surface area (Å²) in [5.74, 6) is -0.975. The highest BCUT2D eigenvalue weighted by molar-refractivity contribution is 6.00. The number of nitrogens with zero attached hydrogens (tertiary/aromatic N) is 1. The molecule has 1 fully saturated rings. The van der Waals surface area contributed by atoms with Crippen LogP contribution in [-0.4, -0.2) is 18.4 Å². The Balaban J connectivity index is 1.60. The first kappa shape index (κ1) is 15.2. The van der Waals surface area contributed by atoms with E-state index in [1.54, 1.807) is 12.1 Å². The highest BCUT2D eigenvalue weighted by Gasteiger charge is 2.34. The molecule has 2 aromatic carbocycles. The van der Waals surface area contributed by atoms with Gasteiger partial charge in [-0.1, -0.05) is 30.3 Å². The topological polar surface area (TPSA) is 49.4 Å². The predicted molar refractivity (Wildman–Crippen MR) is 85.1 cm³/mol. The number of halogens is 1. The minimum atomic E-state index is -0.378. The fourth-order valence-electron chi connectivity index (χ4n) is 2.68. The number of rotatable bonds is 4. The fraction of sp³-hybridized carbons (Fsp3) is 0.222. The van der Waals surface area contributed by atoms with Gasteiger partial charge in [0.1, 0.15) is 5.82 Å². The molecule has 1 aliphatic rings. The Morgan fingerprint density at radius 2 is 1.83 bits per heavy atom. The molecule has 0 spiro atoms. The minimum absolute atomic E-state index is 0.114. The van der Waals surface area contributed by atoms with Gasteiger partial charge in [0.15, 0.2) is 0 Å². The number of nitrogens with one attached hydrogen (secondary N) is 1. The van der Waals surface area contributed by atoms with E-state index in [-0.39, 0.29) is 30.0 Å². The molecule has 3 rings (SSSR count). The monoisotopic (exact) mass is 312 g/mol. The van der Waals surface area contributed by atoms with E-state index >= 15 is 0 Å². The highest BCUT2D eigenvalue weighted by atomic mass is 19.1. The van der Waals surface area contributed by atoms with Gasteiger partial charge in [-0.25, -0.2) is 4.39 Å². The number of anilines is 1. The standard InChI is InChI=1S/C18H17FN2O2/c19-15-6-8-16(9-7-15)21-12-14(10-17(21)22)18(23)20-11-13-4-2-1-3-5-13/h1-9,14H,10-12H2,(H,20,23). The van der Waals surface area contributed by atoms with Gasteiger partial charge in [-0.15, -0.1) is 0 Å². The molecular weight excluding hydrogens is 295 g/mol. The van der Waals surface area contributed by atoms with Crippen molar-refractivity contribution in [1.82, 2.24) is 5.32 Å². The summed E-state index contributed by atoms with van der Waals surface area (Å²) in [6.45, 7) is 0.770. The molecule has 2 amide bonds. The van der Waals surface area contributed by atoms with E-state index in [9.17, 15) is 14.0 Å². The van der Waals surface area contributed by atoms with Crippen LogP contribution in [0.25, 0.3) is 0 Å². The average Bonchev–Trinajstić information content (AvgIpc) is 2.96. The van der Waals surface area contributed by atoms with Crippen LogP contribution in [0.15, 0.2) is 54.6 Å². The molecule has 4 nitrogen and oxygen atoms in total. The summed E-state index contributed by atoms with van der Waals surface area (Å²) < 4.78 is 13.0. The lowest BCUT2D eigenvalue weighted by atomic mass is 10.1. The third-order valence-electron chi connectivity index (χ3n) is 3.94. The summed E-state index contributed by atoms with van der Waals surface area (Å²) in [6, 6.07) is 15.3. The maximum Gasteiger partial charge on any atom is 0.227 e. The number of carbonyl (C=O) groups excluding carboxylic acids is 2. The molecule has 23 heavy (non-hydrogen) atoms. The number of hydrogen-bond acceptors (Lipinski definition) is 2. The molecule has 0 bridgehead atoms. The van der Waals surface area contributed by atoms with Gasteiger partial charge >= 0.3 is 0 Å². The molecule has 1 N–H and O–H groups in total. The van der Waals surface area contributed by atoms with Crippen LogP contribution in [0.3, 0.4) is 0 Å². The van der Waals surface area contributed by atoms with Crippen LogP contribution < -0.4 is 10.2 Å². The smallest absolute Gasteiger partial charge is 0.227 e. The molecule has 1 atom stereocenters. The van der Waals surface area contributed by atoms with Crippen molar-refractivity contribution in [3.05, 3.63) is 66.0 Å². The largest absolute Gasteiger partial charge is 0.352 e. The van der Waals surface area contributed by atoms with Crippen molar-refractivity contribution in [3.8, 4) is 0 Å². The van der Waals surface area contributed by atoms with Crippen molar-refractivity contribution >= 4 is 17.5 Å². The van der Waals surface area contributed by atoms with Crippen molar-refractivity contribution in [3.63, 3.8) is 0 Å². The van der Waals surface area contributed by atoms with E-state index < -0.39 is 0 Å². The zero-order valence-corrected chi connectivity index (χ0v) is 12.5. The molecule has 0 aromatic heterocycles. The summed E-state index contributed by atoms with van der Waals surface area (Å²) >= 11 is 0. The molecule has 2 aromatic rings. The summed E-state index contributed by atoms with van der Waals surface area (Å²) in [7, 11) is 0. The Labute approximate surface area is 133 Å². The molecule has 1 saturated heterocycles. The van der Waals surface area contributed by atoms with Gasteiger partial charge in [0.2, 0.25) is 11.8 Å². The number of benzene rings is 2. The number of carbonyl (C=O) groups is 2. The lowest BCUT2D eigenvalue weighted by Crippen LogP contribution is -2.32. The van der Waals surface area contributed by atoms with Crippen LogP contribution in [0.2, 0.25) is 0 Å². The Hall–Kier alpha value is -2.69. The molecule has 0 radical (unpaired) electrons. The van der Waals surface area contributed by atoms with Crippen LogP contribution in [0.4, 0.5) is 10.1 Å². The zero-order chi connectivity index (χ0) is 16.2. The van der Waals surface area contributed by atoms with Crippen molar-refractivity contribution in [1.29, 1.82) is 0 Å². The zero-order valence-electron chi connectivity index (χ0n) is 12.5. The van der Waals surface area contributed by atoms with E-state index in [4.69, 9.17) is 0 Å². The third-order valence-corrected chi connectivity index (χ3v) is 3.94. The molecule has 0 aliphatic carbocycles. The van der Waals surface area contributed by atoms with Gasteiger partial charge in [-0.2, -0.15) is 0 Å². The van der Waals surface area contributed by atoms with E-state index in [1.165, 1.54) is 17.0 Å². The molecule has 1 heterocycles. The summed E-state index contributed by atoms with van der Waals surface area (Å²) in [5, 5.41) is 2.86. The lowest BCUT2D eigenvalue weighted by molar-refractivity contribution is -0.126. The van der Waals surface area contributed by atoms with E-state index in [2.05, 4.69) is 5.32 Å². The molecule has 118 valence electrons. The van der Waals surface area contributed by atoms with Gasteiger partial charge in [0.25, 0.3) is 0 Å². The van der Waals surface area contributed by atoms with Crippen LogP contribution >= 0.6 is 0 Å². The Morgan fingerprint density at radius 1 is 1.13 bits per heavy atom. The SMILES string of the molecule is O=C(NCc1ccccc1)C1CC(=O)N(c2ccc(F)cc2)C1. The number of hydrogen-bond donors (Lipinski definition) is 1. The molecule has 1 unspecified atom stereocenters. The summed E-state index contributed by atoms with van der Waals surface area (Å²) in [4.78, 5) is 25.9. The molecule has 5 heteroatoms. The van der Waals surface area contributed by atoms with Crippen LogP contribution in [0.1, 0.15) is 12.0 Å². The van der Waals surface area contributed by atoms with Gasteiger partial charge in [0.05, 0.1) is 5.92 Å². The van der Waals surface area contributed by atoms with Crippen molar-refractivity contribution in [2.24, 2.45) is 5.92 Å².